The Labute approximate surface area is 181 Å². The van der Waals surface area contributed by atoms with Gasteiger partial charge in [-0.05, 0) is 25.5 Å². The van der Waals surface area contributed by atoms with E-state index in [1.165, 1.54) is 0 Å². The first-order chi connectivity index (χ1) is 15.2. The molecule has 0 atom stereocenters. The van der Waals surface area contributed by atoms with Gasteiger partial charge in [0.2, 0.25) is 0 Å². The highest BCUT2D eigenvalue weighted by Crippen LogP contribution is 2.24. The number of rotatable bonds is 5. The average Bonchev–Trinajstić information content (AvgIpc) is 3.37. The maximum absolute atomic E-state index is 5.69. The van der Waals surface area contributed by atoms with Gasteiger partial charge < -0.3 is 14.1 Å². The molecule has 1 aliphatic rings. The maximum atomic E-state index is 5.69. The zero-order valence-corrected chi connectivity index (χ0v) is 17.8. The normalized spacial score (nSPS) is 14.7. The molecule has 0 saturated carbocycles. The highest BCUT2D eigenvalue weighted by atomic mass is 16.5. The Morgan fingerprint density at radius 1 is 1.06 bits per heavy atom. The van der Waals surface area contributed by atoms with Crippen LogP contribution in [0.25, 0.3) is 16.9 Å². The van der Waals surface area contributed by atoms with Gasteiger partial charge in [-0.1, -0.05) is 30.3 Å². The van der Waals surface area contributed by atoms with Gasteiger partial charge >= 0.3 is 0 Å². The fourth-order valence-electron chi connectivity index (χ4n) is 3.75. The molecular formula is C24H25N5O2. The predicted molar refractivity (Wildman–Crippen MR) is 121 cm³/mol. The van der Waals surface area contributed by atoms with Crippen LogP contribution in [0.5, 0.6) is 0 Å². The highest BCUT2D eigenvalue weighted by molar-refractivity contribution is 5.76. The molecule has 31 heavy (non-hydrogen) atoms. The van der Waals surface area contributed by atoms with Crippen LogP contribution in [-0.4, -0.2) is 47.1 Å². The van der Waals surface area contributed by atoms with Gasteiger partial charge in [0.05, 0.1) is 37.4 Å². The zero-order chi connectivity index (χ0) is 21.2. The fourth-order valence-corrected chi connectivity index (χ4v) is 3.75. The third-order valence-electron chi connectivity index (χ3n) is 5.52. The molecule has 0 unspecified atom stereocenters. The molecule has 4 heterocycles. The second-order valence-electron chi connectivity index (χ2n) is 7.73. The summed E-state index contributed by atoms with van der Waals surface area (Å²) in [5.74, 6) is 2.70. The van der Waals surface area contributed by atoms with Crippen LogP contribution in [0.15, 0.2) is 57.9 Å². The van der Waals surface area contributed by atoms with Gasteiger partial charge in [-0.25, -0.2) is 4.98 Å². The van der Waals surface area contributed by atoms with E-state index in [0.29, 0.717) is 19.8 Å². The Kier molecular flexibility index (Phi) is 5.26. The lowest BCUT2D eigenvalue weighted by molar-refractivity contribution is 0.122. The molecule has 5 rings (SSSR count). The number of ether oxygens (including phenoxy) is 1. The quantitative estimate of drug-likeness (QED) is 0.460. The van der Waals surface area contributed by atoms with Gasteiger partial charge in [0, 0.05) is 30.8 Å². The third kappa shape index (κ3) is 4.09. The van der Waals surface area contributed by atoms with Crippen molar-refractivity contribution in [3.8, 4) is 11.3 Å². The average molecular weight is 415 g/mol. The number of morpholine rings is 1. The Balaban J connectivity index is 1.50. The summed E-state index contributed by atoms with van der Waals surface area (Å²) in [5.41, 5.74) is 4.82. The summed E-state index contributed by atoms with van der Waals surface area (Å²) in [7, 11) is 0. The number of anilines is 1. The van der Waals surface area contributed by atoms with Gasteiger partial charge in [0.1, 0.15) is 17.3 Å². The van der Waals surface area contributed by atoms with Crippen LogP contribution in [0.1, 0.15) is 22.8 Å². The molecule has 0 spiro atoms. The number of hydrogen-bond acceptors (Lipinski definition) is 6. The van der Waals surface area contributed by atoms with E-state index in [1.807, 2.05) is 48.7 Å². The second-order valence-corrected chi connectivity index (χ2v) is 7.73. The number of benzene rings is 1. The number of aromatic nitrogens is 3. The van der Waals surface area contributed by atoms with Crippen molar-refractivity contribution in [3.63, 3.8) is 0 Å². The summed E-state index contributed by atoms with van der Waals surface area (Å²) in [6.45, 7) is 7.53. The minimum absolute atomic E-state index is 0.471. The third-order valence-corrected chi connectivity index (χ3v) is 5.52. The molecule has 3 aromatic heterocycles. The lowest BCUT2D eigenvalue weighted by Crippen LogP contribution is -2.37. The standard InChI is InChI=1S/C24H25N5O2/c1-17-12-21(31-18(17)2)16-25-15-20-13-24(28-8-10-30-11-9-28)29-23(26-20)14-22(27-29)19-6-4-3-5-7-19/h3-7,12-14,16H,8-11,15H2,1-2H3. The smallest absolute Gasteiger partial charge is 0.158 e. The van der Waals surface area contributed by atoms with Gasteiger partial charge in [-0.15, -0.1) is 0 Å². The van der Waals surface area contributed by atoms with E-state index in [2.05, 4.69) is 28.1 Å². The van der Waals surface area contributed by atoms with Crippen molar-refractivity contribution in [2.45, 2.75) is 20.4 Å². The minimum atomic E-state index is 0.471. The summed E-state index contributed by atoms with van der Waals surface area (Å²) >= 11 is 0. The van der Waals surface area contributed by atoms with Crippen molar-refractivity contribution in [1.82, 2.24) is 14.6 Å². The van der Waals surface area contributed by atoms with Gasteiger partial charge in [-0.2, -0.15) is 9.61 Å². The first kappa shape index (κ1) is 19.5. The second kappa shape index (κ2) is 8.35. The number of furan rings is 1. The number of aryl methyl sites for hydroxylation is 2. The van der Waals surface area contributed by atoms with Gasteiger partial charge in [0.25, 0.3) is 0 Å². The van der Waals surface area contributed by atoms with E-state index in [4.69, 9.17) is 19.2 Å². The monoisotopic (exact) mass is 415 g/mol. The predicted octanol–water partition coefficient (Wildman–Crippen LogP) is 4.06. The van der Waals surface area contributed by atoms with E-state index in [9.17, 15) is 0 Å². The molecule has 7 heteroatoms. The molecule has 1 fully saturated rings. The number of hydrogen-bond donors (Lipinski definition) is 0. The van der Waals surface area contributed by atoms with Crippen molar-refractivity contribution >= 4 is 17.7 Å². The molecule has 1 aliphatic heterocycles. The molecule has 0 radical (unpaired) electrons. The lowest BCUT2D eigenvalue weighted by atomic mass is 10.2. The number of aliphatic imine (C=N–C) groups is 1. The van der Waals surface area contributed by atoms with Crippen LogP contribution in [-0.2, 0) is 11.3 Å². The zero-order valence-electron chi connectivity index (χ0n) is 17.8. The molecule has 0 amide bonds. The van der Waals surface area contributed by atoms with Crippen molar-refractivity contribution in [1.29, 1.82) is 0 Å². The van der Waals surface area contributed by atoms with Crippen LogP contribution in [0, 0.1) is 13.8 Å². The highest BCUT2D eigenvalue weighted by Gasteiger charge is 2.18. The van der Waals surface area contributed by atoms with Crippen LogP contribution in [0.3, 0.4) is 0 Å². The van der Waals surface area contributed by atoms with Gasteiger partial charge in [-0.3, -0.25) is 4.99 Å². The molecular weight excluding hydrogens is 390 g/mol. The molecule has 4 aromatic rings. The van der Waals surface area contributed by atoms with Crippen LogP contribution in [0.4, 0.5) is 5.82 Å². The fraction of sp³-hybridized carbons (Fsp3) is 0.292. The van der Waals surface area contributed by atoms with Crippen molar-refractivity contribution in [2.24, 2.45) is 4.99 Å². The Morgan fingerprint density at radius 3 is 2.61 bits per heavy atom. The Bertz CT molecular complexity index is 1200. The van der Waals surface area contributed by atoms with E-state index < -0.39 is 0 Å². The molecule has 158 valence electrons. The molecule has 1 aromatic carbocycles. The summed E-state index contributed by atoms with van der Waals surface area (Å²) in [4.78, 5) is 11.7. The minimum Gasteiger partial charge on any atom is -0.460 e. The van der Waals surface area contributed by atoms with Crippen molar-refractivity contribution in [3.05, 3.63) is 71.3 Å². The Morgan fingerprint density at radius 2 is 1.87 bits per heavy atom. The van der Waals surface area contributed by atoms with Crippen LogP contribution in [0.2, 0.25) is 0 Å². The van der Waals surface area contributed by atoms with E-state index in [-0.39, 0.29) is 0 Å². The summed E-state index contributed by atoms with van der Waals surface area (Å²) in [6, 6.07) is 16.3. The van der Waals surface area contributed by atoms with Crippen LogP contribution >= 0.6 is 0 Å². The summed E-state index contributed by atoms with van der Waals surface area (Å²) < 4.78 is 13.2. The van der Waals surface area contributed by atoms with E-state index in [1.54, 1.807) is 6.21 Å². The topological polar surface area (TPSA) is 68.2 Å². The molecule has 0 bridgehead atoms. The Hall–Kier alpha value is -3.45. The van der Waals surface area contributed by atoms with Gasteiger partial charge in [0.15, 0.2) is 5.65 Å². The lowest BCUT2D eigenvalue weighted by Gasteiger charge is -2.29. The number of fused-ring (bicyclic) bond motifs is 1. The van der Waals surface area contributed by atoms with Crippen LogP contribution < -0.4 is 4.90 Å². The first-order valence-electron chi connectivity index (χ1n) is 10.5. The summed E-state index contributed by atoms with van der Waals surface area (Å²) in [5, 5.41) is 4.86. The molecule has 1 saturated heterocycles. The maximum Gasteiger partial charge on any atom is 0.158 e. The summed E-state index contributed by atoms with van der Waals surface area (Å²) in [6.07, 6.45) is 1.77. The van der Waals surface area contributed by atoms with E-state index in [0.717, 1.165) is 58.6 Å². The van der Waals surface area contributed by atoms with Crippen molar-refractivity contribution in [2.75, 3.05) is 31.2 Å². The van der Waals surface area contributed by atoms with Crippen molar-refractivity contribution < 1.29 is 9.15 Å². The molecule has 0 aliphatic carbocycles. The SMILES string of the molecule is Cc1cc(C=NCc2cc(N3CCOCC3)n3nc(-c4ccccc4)cc3n2)oc1C. The van der Waals surface area contributed by atoms with E-state index >= 15 is 0 Å². The largest absolute Gasteiger partial charge is 0.460 e. The molecule has 0 N–H and O–H groups in total. The molecule has 7 nitrogen and oxygen atoms in total. The first-order valence-corrected chi connectivity index (χ1v) is 10.5. The number of nitrogens with zero attached hydrogens (tertiary/aromatic N) is 5.